The van der Waals surface area contributed by atoms with Crippen molar-refractivity contribution in [2.75, 3.05) is 7.11 Å². The molecule has 17 heavy (non-hydrogen) atoms. The maximum absolute atomic E-state index is 13.2. The highest BCUT2D eigenvalue weighted by atomic mass is 19.1. The van der Waals surface area contributed by atoms with Crippen molar-refractivity contribution in [3.8, 4) is 17.1 Å². The Morgan fingerprint density at radius 1 is 1.47 bits per heavy atom. The Morgan fingerprint density at radius 2 is 2.24 bits per heavy atom. The summed E-state index contributed by atoms with van der Waals surface area (Å²) < 4.78 is 22.9. The van der Waals surface area contributed by atoms with Crippen molar-refractivity contribution in [2.24, 2.45) is 0 Å². The summed E-state index contributed by atoms with van der Waals surface area (Å²) in [6, 6.07) is 4.23. The smallest absolute Gasteiger partial charge is 0.255 e. The third-order valence-electron chi connectivity index (χ3n) is 2.21. The zero-order valence-electron chi connectivity index (χ0n) is 9.35. The fourth-order valence-electron chi connectivity index (χ4n) is 1.32. The Kier molecular flexibility index (Phi) is 3.06. The van der Waals surface area contributed by atoms with Crippen molar-refractivity contribution in [1.82, 2.24) is 10.1 Å². The molecular formula is C11H11FN2O3. The number of ether oxygens (including phenoxy) is 1. The first-order valence-corrected chi connectivity index (χ1v) is 4.97. The average Bonchev–Trinajstić information content (AvgIpc) is 2.79. The third kappa shape index (κ3) is 2.26. The molecule has 1 atom stereocenters. The lowest BCUT2D eigenvalue weighted by Gasteiger charge is -2.02. The first-order valence-electron chi connectivity index (χ1n) is 4.97. The van der Waals surface area contributed by atoms with Gasteiger partial charge in [-0.05, 0) is 25.1 Å². The van der Waals surface area contributed by atoms with E-state index in [-0.39, 0.29) is 17.5 Å². The van der Waals surface area contributed by atoms with Crippen molar-refractivity contribution in [3.63, 3.8) is 0 Å². The molecular weight excluding hydrogens is 227 g/mol. The molecule has 0 aliphatic rings. The van der Waals surface area contributed by atoms with Gasteiger partial charge in [0.05, 0.1) is 7.11 Å². The van der Waals surface area contributed by atoms with Gasteiger partial charge in [-0.25, -0.2) is 4.39 Å². The van der Waals surface area contributed by atoms with E-state index in [1.807, 2.05) is 0 Å². The largest absolute Gasteiger partial charge is 0.494 e. The van der Waals surface area contributed by atoms with Gasteiger partial charge in [-0.3, -0.25) is 0 Å². The minimum Gasteiger partial charge on any atom is -0.494 e. The number of nitrogens with zero attached hydrogens (tertiary/aromatic N) is 2. The van der Waals surface area contributed by atoms with Crippen LogP contribution in [0.15, 0.2) is 22.7 Å². The Bertz CT molecular complexity index is 525. The highest BCUT2D eigenvalue weighted by molar-refractivity contribution is 5.57. The molecule has 0 amide bonds. The quantitative estimate of drug-likeness (QED) is 0.884. The molecule has 5 nitrogen and oxygen atoms in total. The van der Waals surface area contributed by atoms with Crippen LogP contribution in [0.3, 0.4) is 0 Å². The van der Waals surface area contributed by atoms with Crippen LogP contribution < -0.4 is 4.74 Å². The first kappa shape index (κ1) is 11.5. The van der Waals surface area contributed by atoms with E-state index in [2.05, 4.69) is 10.1 Å². The van der Waals surface area contributed by atoms with Gasteiger partial charge in [0.15, 0.2) is 11.6 Å². The molecule has 1 unspecified atom stereocenters. The van der Waals surface area contributed by atoms with Crippen LogP contribution >= 0.6 is 0 Å². The van der Waals surface area contributed by atoms with Crippen molar-refractivity contribution < 1.29 is 18.8 Å². The number of aromatic nitrogens is 2. The summed E-state index contributed by atoms with van der Waals surface area (Å²) in [4.78, 5) is 3.98. The van der Waals surface area contributed by atoms with Gasteiger partial charge in [0, 0.05) is 5.56 Å². The van der Waals surface area contributed by atoms with Crippen LogP contribution in [0, 0.1) is 5.82 Å². The Morgan fingerprint density at radius 3 is 2.82 bits per heavy atom. The van der Waals surface area contributed by atoms with Crippen LogP contribution in [0.2, 0.25) is 0 Å². The number of hydrogen-bond acceptors (Lipinski definition) is 5. The van der Waals surface area contributed by atoms with E-state index in [0.717, 1.165) is 0 Å². The molecule has 0 aliphatic heterocycles. The predicted molar refractivity (Wildman–Crippen MR) is 56.9 cm³/mol. The topological polar surface area (TPSA) is 68.4 Å². The molecule has 1 heterocycles. The second-order valence-electron chi connectivity index (χ2n) is 3.48. The van der Waals surface area contributed by atoms with Crippen molar-refractivity contribution in [1.29, 1.82) is 0 Å². The second kappa shape index (κ2) is 4.50. The summed E-state index contributed by atoms with van der Waals surface area (Å²) in [6.07, 6.45) is -0.835. The molecule has 0 saturated carbocycles. The molecule has 0 saturated heterocycles. The lowest BCUT2D eigenvalue weighted by molar-refractivity contribution is 0.152. The van der Waals surface area contributed by atoms with Gasteiger partial charge in [-0.1, -0.05) is 5.16 Å². The Hall–Kier alpha value is -1.95. The summed E-state index contributed by atoms with van der Waals surface area (Å²) in [6.45, 7) is 1.52. The second-order valence-corrected chi connectivity index (χ2v) is 3.48. The van der Waals surface area contributed by atoms with Gasteiger partial charge in [0.2, 0.25) is 5.82 Å². The minimum absolute atomic E-state index is 0.103. The van der Waals surface area contributed by atoms with Crippen molar-refractivity contribution in [2.45, 2.75) is 13.0 Å². The van der Waals surface area contributed by atoms with Crippen molar-refractivity contribution in [3.05, 3.63) is 29.9 Å². The molecule has 1 N–H and O–H groups in total. The van der Waals surface area contributed by atoms with Crippen molar-refractivity contribution >= 4 is 0 Å². The summed E-state index contributed by atoms with van der Waals surface area (Å²) in [5.74, 6) is 0.0314. The van der Waals surface area contributed by atoms with Gasteiger partial charge < -0.3 is 14.4 Å². The number of halogens is 1. The molecule has 0 bridgehead atoms. The lowest BCUT2D eigenvalue weighted by atomic mass is 10.2. The van der Waals surface area contributed by atoms with Crippen LogP contribution in [0.5, 0.6) is 5.75 Å². The van der Waals surface area contributed by atoms with Gasteiger partial charge >= 0.3 is 0 Å². The summed E-state index contributed by atoms with van der Waals surface area (Å²) in [7, 11) is 1.37. The van der Waals surface area contributed by atoms with Gasteiger partial charge in [-0.2, -0.15) is 4.98 Å². The van der Waals surface area contributed by atoms with Gasteiger partial charge in [0.1, 0.15) is 6.10 Å². The van der Waals surface area contributed by atoms with E-state index in [4.69, 9.17) is 9.26 Å². The van der Waals surface area contributed by atoms with E-state index in [0.29, 0.717) is 5.56 Å². The number of aliphatic hydroxyl groups excluding tert-OH is 1. The highest BCUT2D eigenvalue weighted by Gasteiger charge is 2.14. The molecule has 2 rings (SSSR count). The van der Waals surface area contributed by atoms with Gasteiger partial charge in [0.25, 0.3) is 5.89 Å². The summed E-state index contributed by atoms with van der Waals surface area (Å²) >= 11 is 0. The minimum atomic E-state index is -0.835. The lowest BCUT2D eigenvalue weighted by Crippen LogP contribution is -1.91. The molecule has 6 heteroatoms. The normalized spacial score (nSPS) is 12.5. The molecule has 90 valence electrons. The van der Waals surface area contributed by atoms with Crippen LogP contribution in [-0.2, 0) is 0 Å². The van der Waals surface area contributed by atoms with Crippen LogP contribution in [0.25, 0.3) is 11.4 Å². The van der Waals surface area contributed by atoms with Crippen LogP contribution in [0.1, 0.15) is 18.9 Å². The SMILES string of the molecule is COc1cc(-c2noc(C(C)O)n2)ccc1F. The monoisotopic (exact) mass is 238 g/mol. The zero-order chi connectivity index (χ0) is 12.4. The zero-order valence-corrected chi connectivity index (χ0v) is 9.35. The van der Waals surface area contributed by atoms with Crippen LogP contribution in [0.4, 0.5) is 4.39 Å². The number of hydrogen-bond donors (Lipinski definition) is 1. The molecule has 0 aliphatic carbocycles. The first-order chi connectivity index (χ1) is 8.11. The van der Waals surface area contributed by atoms with E-state index >= 15 is 0 Å². The molecule has 0 spiro atoms. The average molecular weight is 238 g/mol. The number of rotatable bonds is 3. The van der Waals surface area contributed by atoms with Crippen LogP contribution in [-0.4, -0.2) is 22.4 Å². The molecule has 1 aromatic heterocycles. The summed E-state index contributed by atoms with van der Waals surface area (Å²) in [5.41, 5.74) is 0.555. The fraction of sp³-hybridized carbons (Fsp3) is 0.273. The fourth-order valence-corrected chi connectivity index (χ4v) is 1.32. The number of methoxy groups -OCH3 is 1. The highest BCUT2D eigenvalue weighted by Crippen LogP contribution is 2.25. The van der Waals surface area contributed by atoms with E-state index in [9.17, 15) is 9.50 Å². The molecule has 0 radical (unpaired) electrons. The maximum Gasteiger partial charge on any atom is 0.255 e. The standard InChI is InChI=1S/C11H11FN2O3/c1-6(15)11-13-10(14-17-11)7-3-4-8(12)9(5-7)16-2/h3-6,15H,1-2H3. The Balaban J connectivity index is 2.38. The van der Waals surface area contributed by atoms with E-state index in [1.54, 1.807) is 0 Å². The predicted octanol–water partition coefficient (Wildman–Crippen LogP) is 1.94. The maximum atomic E-state index is 13.2. The third-order valence-corrected chi connectivity index (χ3v) is 2.21. The number of aliphatic hydroxyl groups is 1. The van der Waals surface area contributed by atoms with Gasteiger partial charge in [-0.15, -0.1) is 0 Å². The number of benzene rings is 1. The molecule has 2 aromatic rings. The van der Waals surface area contributed by atoms with E-state index < -0.39 is 11.9 Å². The molecule has 0 fully saturated rings. The Labute approximate surface area is 96.8 Å². The van der Waals surface area contributed by atoms with E-state index in [1.165, 1.54) is 32.2 Å². The summed E-state index contributed by atoms with van der Waals surface area (Å²) in [5, 5.41) is 12.9. The molecule has 1 aromatic carbocycles.